The average molecular weight is 616 g/mol. The molecule has 4 atom stereocenters. The average Bonchev–Trinajstić information content (AvgIpc) is 2.94. The Bertz CT molecular complexity index is 1280. The Balaban J connectivity index is 2.51. The third-order valence-corrected chi connectivity index (χ3v) is 7.07. The Hall–Kier alpha value is -3.94. The Labute approximate surface area is 256 Å². The van der Waals surface area contributed by atoms with Gasteiger partial charge in [-0.25, -0.2) is 4.79 Å². The van der Waals surface area contributed by atoms with Crippen LogP contribution in [0.4, 0.5) is 0 Å². The fraction of sp³-hybridized carbons (Fsp3) is 0.433. The van der Waals surface area contributed by atoms with E-state index in [1.54, 1.807) is 70.2 Å². The number of phenolic OH excluding ortho intramolecular Hbond substituents is 1. The van der Waals surface area contributed by atoms with Gasteiger partial charge in [0.2, 0.25) is 23.6 Å². The summed E-state index contributed by atoms with van der Waals surface area (Å²) in [5.41, 5.74) is 13.4. The normalized spacial score (nSPS) is 14.2. The van der Waals surface area contributed by atoms with Crippen LogP contribution in [0.2, 0.25) is 0 Å². The standard InChI is InChI=1S/C30H41N5O7S/c1-17(2)24(29(41)42)34-26(38)22(15-18-8-6-5-7-9-18)35(23(37)16-33-27(39)25(32)30(3,4)43)28(40)21(31)14-19-10-12-20(36)13-11-19/h5-13,17,21-22,24-25,36,43H,14-16,31-32H2,1-4H3,(H,33,39)(H,34,38)(H,41,42)/t21-,22-,24+,25-/m0/s1. The fourth-order valence-electron chi connectivity index (χ4n) is 4.18. The van der Waals surface area contributed by atoms with Crippen molar-refractivity contribution in [3.8, 4) is 5.75 Å². The number of rotatable bonds is 14. The minimum absolute atomic E-state index is 0.0107. The van der Waals surface area contributed by atoms with Gasteiger partial charge in [-0.2, -0.15) is 12.6 Å². The number of phenols is 1. The quantitative estimate of drug-likeness (QED) is 0.148. The second kappa shape index (κ2) is 15.5. The number of imide groups is 1. The van der Waals surface area contributed by atoms with E-state index in [-0.39, 0.29) is 18.6 Å². The van der Waals surface area contributed by atoms with Crippen molar-refractivity contribution in [2.45, 2.75) is 69.5 Å². The van der Waals surface area contributed by atoms with Crippen LogP contribution in [0.25, 0.3) is 0 Å². The topological polar surface area (TPSA) is 205 Å². The van der Waals surface area contributed by atoms with Crippen LogP contribution in [0.5, 0.6) is 5.75 Å². The lowest BCUT2D eigenvalue weighted by molar-refractivity contribution is -0.153. The van der Waals surface area contributed by atoms with Gasteiger partial charge in [-0.3, -0.25) is 24.1 Å². The van der Waals surface area contributed by atoms with Crippen LogP contribution in [0.1, 0.15) is 38.8 Å². The lowest BCUT2D eigenvalue weighted by Crippen LogP contribution is -2.61. The molecule has 234 valence electrons. The van der Waals surface area contributed by atoms with Crippen LogP contribution < -0.4 is 22.1 Å². The van der Waals surface area contributed by atoms with E-state index in [9.17, 15) is 34.2 Å². The number of thiol groups is 1. The van der Waals surface area contributed by atoms with Crippen LogP contribution in [0, 0.1) is 5.92 Å². The van der Waals surface area contributed by atoms with Gasteiger partial charge < -0.3 is 32.3 Å². The maximum absolute atomic E-state index is 13.9. The molecule has 0 aliphatic heterocycles. The number of nitrogens with one attached hydrogen (secondary N) is 2. The van der Waals surface area contributed by atoms with Gasteiger partial charge in [0.25, 0.3) is 0 Å². The predicted molar refractivity (Wildman–Crippen MR) is 164 cm³/mol. The van der Waals surface area contributed by atoms with Crippen LogP contribution in [0.15, 0.2) is 54.6 Å². The fourth-order valence-corrected chi connectivity index (χ4v) is 4.30. The monoisotopic (exact) mass is 615 g/mol. The zero-order chi connectivity index (χ0) is 32.5. The van der Waals surface area contributed by atoms with Crippen molar-refractivity contribution in [1.29, 1.82) is 0 Å². The van der Waals surface area contributed by atoms with Gasteiger partial charge in [-0.1, -0.05) is 56.3 Å². The highest BCUT2D eigenvalue weighted by atomic mass is 32.1. The van der Waals surface area contributed by atoms with Gasteiger partial charge in [0.15, 0.2) is 0 Å². The molecule has 4 amide bonds. The molecule has 0 fully saturated rings. The number of nitrogens with two attached hydrogens (primary N) is 2. The number of hydrogen-bond donors (Lipinski definition) is 7. The number of carboxylic acid groups (broad SMARTS) is 1. The molecular weight excluding hydrogens is 574 g/mol. The first-order valence-electron chi connectivity index (χ1n) is 13.7. The largest absolute Gasteiger partial charge is 0.508 e. The minimum atomic E-state index is -1.51. The molecule has 0 aliphatic rings. The van der Waals surface area contributed by atoms with Gasteiger partial charge in [-0.05, 0) is 49.4 Å². The van der Waals surface area contributed by atoms with Crippen LogP contribution in [0.3, 0.4) is 0 Å². The van der Waals surface area contributed by atoms with Crippen molar-refractivity contribution in [2.75, 3.05) is 6.54 Å². The highest BCUT2D eigenvalue weighted by Gasteiger charge is 2.39. The second-order valence-corrected chi connectivity index (χ2v) is 12.4. The lowest BCUT2D eigenvalue weighted by atomic mass is 9.99. The molecule has 0 heterocycles. The zero-order valence-electron chi connectivity index (χ0n) is 24.7. The summed E-state index contributed by atoms with van der Waals surface area (Å²) in [6, 6.07) is 9.28. The van der Waals surface area contributed by atoms with E-state index in [0.29, 0.717) is 16.0 Å². The van der Waals surface area contributed by atoms with E-state index in [1.165, 1.54) is 12.1 Å². The number of aliphatic carboxylic acids is 1. The first kappa shape index (κ1) is 35.3. The minimum Gasteiger partial charge on any atom is -0.508 e. The Morgan fingerprint density at radius 3 is 1.98 bits per heavy atom. The highest BCUT2D eigenvalue weighted by Crippen LogP contribution is 2.18. The number of amides is 4. The number of hydrogen-bond acceptors (Lipinski definition) is 9. The molecule has 0 aliphatic carbocycles. The Morgan fingerprint density at radius 2 is 1.47 bits per heavy atom. The second-order valence-electron chi connectivity index (χ2n) is 11.2. The molecule has 0 radical (unpaired) electrons. The molecule has 8 N–H and O–H groups in total. The number of nitrogens with zero attached hydrogens (tertiary/aromatic N) is 1. The third-order valence-electron chi connectivity index (χ3n) is 6.79. The van der Waals surface area contributed by atoms with Gasteiger partial charge in [0.1, 0.15) is 17.8 Å². The molecule has 2 aromatic carbocycles. The number of benzene rings is 2. The van der Waals surface area contributed by atoms with Crippen molar-refractivity contribution in [3.63, 3.8) is 0 Å². The number of aromatic hydroxyl groups is 1. The molecule has 2 rings (SSSR count). The molecule has 2 aromatic rings. The van der Waals surface area contributed by atoms with Crippen molar-refractivity contribution < 1.29 is 34.2 Å². The summed E-state index contributed by atoms with van der Waals surface area (Å²) < 4.78 is -0.923. The molecule has 0 spiro atoms. The third kappa shape index (κ3) is 10.4. The summed E-state index contributed by atoms with van der Waals surface area (Å²) in [7, 11) is 0. The smallest absolute Gasteiger partial charge is 0.326 e. The first-order chi connectivity index (χ1) is 20.0. The molecule has 0 unspecified atom stereocenters. The first-order valence-corrected chi connectivity index (χ1v) is 14.2. The summed E-state index contributed by atoms with van der Waals surface area (Å²) >= 11 is 4.30. The van der Waals surface area contributed by atoms with Crippen LogP contribution in [-0.4, -0.2) is 80.2 Å². The van der Waals surface area contributed by atoms with E-state index in [1.807, 2.05) is 0 Å². The molecule has 0 aromatic heterocycles. The Morgan fingerprint density at radius 1 is 0.907 bits per heavy atom. The van der Waals surface area contributed by atoms with Crippen molar-refractivity contribution in [1.82, 2.24) is 15.5 Å². The van der Waals surface area contributed by atoms with Crippen LogP contribution in [-0.2, 0) is 36.8 Å². The number of carbonyl (C=O) groups excluding carboxylic acids is 4. The van der Waals surface area contributed by atoms with Gasteiger partial charge >= 0.3 is 5.97 Å². The van der Waals surface area contributed by atoms with Crippen LogP contribution >= 0.6 is 12.6 Å². The predicted octanol–water partition coefficient (Wildman–Crippen LogP) is 0.606. The molecule has 0 bridgehead atoms. The van der Waals surface area contributed by atoms with E-state index < -0.39 is 71.0 Å². The molecule has 13 heteroatoms. The van der Waals surface area contributed by atoms with Crippen molar-refractivity contribution in [2.24, 2.45) is 17.4 Å². The SMILES string of the molecule is CC(C)[C@@H](NC(=O)[C@H](Cc1ccccc1)N(C(=O)CNC(=O)[C@H](N)C(C)(C)S)C(=O)[C@@H](N)Cc1ccc(O)cc1)C(=O)O. The maximum atomic E-state index is 13.9. The number of carbonyl (C=O) groups is 5. The summed E-state index contributed by atoms with van der Waals surface area (Å²) in [5.74, 6) is -5.25. The van der Waals surface area contributed by atoms with Gasteiger partial charge in [-0.15, -0.1) is 0 Å². The van der Waals surface area contributed by atoms with Crippen molar-refractivity contribution in [3.05, 3.63) is 65.7 Å². The van der Waals surface area contributed by atoms with Gasteiger partial charge in [0, 0.05) is 11.2 Å². The van der Waals surface area contributed by atoms with E-state index in [0.717, 1.165) is 0 Å². The Kier molecular flexibility index (Phi) is 12.7. The molecule has 12 nitrogen and oxygen atoms in total. The van der Waals surface area contributed by atoms with Crippen molar-refractivity contribution >= 4 is 42.2 Å². The lowest BCUT2D eigenvalue weighted by Gasteiger charge is -2.33. The summed E-state index contributed by atoms with van der Waals surface area (Å²) in [6.45, 7) is 5.75. The summed E-state index contributed by atoms with van der Waals surface area (Å²) in [4.78, 5) is 66.5. The van der Waals surface area contributed by atoms with E-state index >= 15 is 0 Å². The number of carboxylic acids is 1. The van der Waals surface area contributed by atoms with E-state index in [4.69, 9.17) is 11.5 Å². The highest BCUT2D eigenvalue weighted by molar-refractivity contribution is 7.81. The zero-order valence-corrected chi connectivity index (χ0v) is 25.6. The van der Waals surface area contributed by atoms with Gasteiger partial charge in [0.05, 0.1) is 18.6 Å². The summed E-state index contributed by atoms with van der Waals surface area (Å²) in [6.07, 6.45) is -0.199. The molecule has 0 saturated heterocycles. The molecule has 0 saturated carbocycles. The van der Waals surface area contributed by atoms with E-state index in [2.05, 4.69) is 23.3 Å². The summed E-state index contributed by atoms with van der Waals surface area (Å²) in [5, 5.41) is 24.1. The molecule has 43 heavy (non-hydrogen) atoms. The molecular formula is C30H41N5O7S. The maximum Gasteiger partial charge on any atom is 0.326 e.